The van der Waals surface area contributed by atoms with Gasteiger partial charge in [0.25, 0.3) is 0 Å². The Morgan fingerprint density at radius 3 is 2.00 bits per heavy atom. The van der Waals surface area contributed by atoms with Gasteiger partial charge in [0.2, 0.25) is 5.69 Å². The van der Waals surface area contributed by atoms with Crippen molar-refractivity contribution >= 4 is 10.8 Å². The maximum absolute atomic E-state index is 13.3. The molecule has 3 heteroatoms. The van der Waals surface area contributed by atoms with E-state index in [2.05, 4.69) is 0 Å². The van der Waals surface area contributed by atoms with Crippen LogP contribution in [0.15, 0.2) is 78.9 Å². The molecule has 1 aromatic heterocycles. The van der Waals surface area contributed by atoms with E-state index in [1.165, 1.54) is 0 Å². The van der Waals surface area contributed by atoms with Crippen LogP contribution in [0.4, 0.5) is 0 Å². The topological polar surface area (TPSA) is 36.2 Å². The molecule has 0 fully saturated rings. The van der Waals surface area contributed by atoms with Crippen molar-refractivity contribution in [3.63, 3.8) is 0 Å². The zero-order valence-corrected chi connectivity index (χ0v) is 14.8. The molecule has 0 N–H and O–H groups in total. The van der Waals surface area contributed by atoms with E-state index >= 15 is 0 Å². The van der Waals surface area contributed by atoms with Crippen molar-refractivity contribution in [2.45, 2.75) is 6.92 Å². The lowest BCUT2D eigenvalue weighted by molar-refractivity contribution is -0.598. The highest BCUT2D eigenvalue weighted by atomic mass is 16.5. The van der Waals surface area contributed by atoms with Gasteiger partial charge in [0.05, 0.1) is 18.1 Å². The third-order valence-electron chi connectivity index (χ3n) is 4.74. The Morgan fingerprint density at radius 2 is 1.38 bits per heavy atom. The summed E-state index contributed by atoms with van der Waals surface area (Å²) in [5.41, 5.74) is 4.20. The van der Waals surface area contributed by atoms with E-state index in [0.29, 0.717) is 11.4 Å². The zero-order chi connectivity index (χ0) is 18.1. The van der Waals surface area contributed by atoms with Crippen molar-refractivity contribution in [1.82, 2.24) is 0 Å². The molecule has 0 radical (unpaired) electrons. The van der Waals surface area contributed by atoms with Crippen molar-refractivity contribution < 1.29 is 9.47 Å². The van der Waals surface area contributed by atoms with Crippen LogP contribution in [0.2, 0.25) is 0 Å². The van der Waals surface area contributed by atoms with Crippen LogP contribution in [0, 0.1) is 12.1 Å². The highest BCUT2D eigenvalue weighted by Gasteiger charge is 2.24. The number of fused-ring (bicyclic) bond motifs is 1. The molecule has 0 unspecified atom stereocenters. The third-order valence-corrected chi connectivity index (χ3v) is 4.74. The molecule has 0 aliphatic rings. The maximum Gasteiger partial charge on any atom is 0.232 e. The van der Waals surface area contributed by atoms with Crippen molar-refractivity contribution in [2.75, 3.05) is 7.11 Å². The van der Waals surface area contributed by atoms with E-state index in [4.69, 9.17) is 4.74 Å². The van der Waals surface area contributed by atoms with Crippen LogP contribution >= 0.6 is 0 Å². The standard InChI is InChI=1S/C23H19NO2/c1-16-21-15-19(26-2)13-14-20(21)22(17-9-5-3-6-10-17)23(24(16)25)18-11-7-4-8-12-18/h3-15H,1-2H3. The number of hydrogen-bond donors (Lipinski definition) is 0. The molecule has 0 atom stereocenters. The quantitative estimate of drug-likeness (QED) is 0.383. The Hall–Kier alpha value is -3.33. The van der Waals surface area contributed by atoms with Gasteiger partial charge in [0, 0.05) is 17.9 Å². The van der Waals surface area contributed by atoms with Crippen LogP contribution in [0.25, 0.3) is 33.2 Å². The summed E-state index contributed by atoms with van der Waals surface area (Å²) in [4.78, 5) is 0. The molecule has 3 nitrogen and oxygen atoms in total. The summed E-state index contributed by atoms with van der Waals surface area (Å²) in [5, 5.41) is 15.2. The van der Waals surface area contributed by atoms with Crippen LogP contribution in [-0.2, 0) is 0 Å². The fraction of sp³-hybridized carbons (Fsp3) is 0.0870. The van der Waals surface area contributed by atoms with Gasteiger partial charge in [-0.3, -0.25) is 0 Å². The smallest absolute Gasteiger partial charge is 0.232 e. The first-order chi connectivity index (χ1) is 12.7. The van der Waals surface area contributed by atoms with Crippen molar-refractivity contribution in [3.05, 3.63) is 89.8 Å². The molecule has 0 saturated carbocycles. The highest BCUT2D eigenvalue weighted by molar-refractivity contribution is 6.02. The number of aryl methyl sites for hydroxylation is 1. The van der Waals surface area contributed by atoms with Crippen molar-refractivity contribution in [2.24, 2.45) is 0 Å². The van der Waals surface area contributed by atoms with Gasteiger partial charge in [-0.2, -0.15) is 4.73 Å². The molecule has 3 aromatic carbocycles. The molecule has 4 aromatic rings. The van der Waals surface area contributed by atoms with Crippen LogP contribution in [0.1, 0.15) is 5.69 Å². The number of aromatic nitrogens is 1. The Kier molecular flexibility index (Phi) is 4.05. The van der Waals surface area contributed by atoms with Crippen LogP contribution < -0.4 is 9.47 Å². The summed E-state index contributed by atoms with van der Waals surface area (Å²) in [6.45, 7) is 1.86. The average molecular weight is 341 g/mol. The van der Waals surface area contributed by atoms with Gasteiger partial charge in [0.15, 0.2) is 5.69 Å². The number of methoxy groups -OCH3 is 1. The lowest BCUT2D eigenvalue weighted by Gasteiger charge is -2.17. The van der Waals surface area contributed by atoms with E-state index in [9.17, 15) is 5.21 Å². The second-order valence-corrected chi connectivity index (χ2v) is 6.25. The van der Waals surface area contributed by atoms with Crippen molar-refractivity contribution in [1.29, 1.82) is 0 Å². The lowest BCUT2D eigenvalue weighted by Crippen LogP contribution is -2.34. The normalized spacial score (nSPS) is 10.8. The largest absolute Gasteiger partial charge is 0.618 e. The van der Waals surface area contributed by atoms with E-state index in [1.807, 2.05) is 85.8 Å². The first kappa shape index (κ1) is 16.2. The molecule has 0 spiro atoms. The molecule has 26 heavy (non-hydrogen) atoms. The fourth-order valence-electron chi connectivity index (χ4n) is 3.43. The summed E-state index contributed by atoms with van der Waals surface area (Å²) in [6, 6.07) is 25.8. The van der Waals surface area contributed by atoms with Crippen LogP contribution in [0.5, 0.6) is 5.75 Å². The average Bonchev–Trinajstić information content (AvgIpc) is 2.71. The van der Waals surface area contributed by atoms with Gasteiger partial charge in [-0.15, -0.1) is 0 Å². The number of rotatable bonds is 3. The van der Waals surface area contributed by atoms with E-state index < -0.39 is 0 Å². The second-order valence-electron chi connectivity index (χ2n) is 6.25. The van der Waals surface area contributed by atoms with E-state index in [-0.39, 0.29) is 0 Å². The highest BCUT2D eigenvalue weighted by Crippen LogP contribution is 2.37. The molecule has 1 heterocycles. The lowest BCUT2D eigenvalue weighted by atomic mass is 9.93. The molecular formula is C23H19NO2. The minimum Gasteiger partial charge on any atom is -0.618 e. The summed E-state index contributed by atoms with van der Waals surface area (Å²) in [7, 11) is 1.64. The predicted octanol–water partition coefficient (Wildman–Crippen LogP) is 5.12. The Bertz CT molecular complexity index is 1070. The molecule has 4 rings (SSSR count). The molecule has 128 valence electrons. The first-order valence-electron chi connectivity index (χ1n) is 8.55. The molecular weight excluding hydrogens is 322 g/mol. The molecule has 0 amide bonds. The minimum absolute atomic E-state index is 0.664. The van der Waals surface area contributed by atoms with Gasteiger partial charge < -0.3 is 9.94 Å². The minimum atomic E-state index is 0.664. The number of benzene rings is 3. The molecule has 0 bridgehead atoms. The van der Waals surface area contributed by atoms with Crippen molar-refractivity contribution in [3.8, 4) is 28.1 Å². The summed E-state index contributed by atoms with van der Waals surface area (Å²) < 4.78 is 6.41. The number of pyridine rings is 1. The number of nitrogens with zero attached hydrogens (tertiary/aromatic N) is 1. The fourth-order valence-corrected chi connectivity index (χ4v) is 3.43. The molecule has 0 aliphatic carbocycles. The third kappa shape index (κ3) is 2.58. The van der Waals surface area contributed by atoms with Crippen LogP contribution in [0.3, 0.4) is 0 Å². The number of ether oxygens (including phenoxy) is 1. The van der Waals surface area contributed by atoms with Gasteiger partial charge in [-0.1, -0.05) is 48.5 Å². The first-order valence-corrected chi connectivity index (χ1v) is 8.55. The SMILES string of the molecule is COc1ccc2c(-c3ccccc3)c(-c3ccccc3)[n+]([O-])c(C)c2c1. The van der Waals surface area contributed by atoms with Gasteiger partial charge in [-0.25, -0.2) is 0 Å². The van der Waals surface area contributed by atoms with E-state index in [0.717, 1.165) is 37.9 Å². The molecule has 0 saturated heterocycles. The Balaban J connectivity index is 2.18. The summed E-state index contributed by atoms with van der Waals surface area (Å²) in [5.74, 6) is 0.743. The van der Waals surface area contributed by atoms with Gasteiger partial charge in [0.1, 0.15) is 5.75 Å². The van der Waals surface area contributed by atoms with Crippen LogP contribution in [-0.4, -0.2) is 7.11 Å². The summed E-state index contributed by atoms with van der Waals surface area (Å²) in [6.07, 6.45) is 0. The predicted molar refractivity (Wildman–Crippen MR) is 105 cm³/mol. The maximum atomic E-state index is 13.3. The monoisotopic (exact) mass is 341 g/mol. The van der Waals surface area contributed by atoms with Gasteiger partial charge in [-0.05, 0) is 35.9 Å². The second kappa shape index (κ2) is 6.52. The summed E-state index contributed by atoms with van der Waals surface area (Å²) >= 11 is 0. The Morgan fingerprint density at radius 1 is 0.769 bits per heavy atom. The molecule has 0 aliphatic heterocycles. The number of hydrogen-bond acceptors (Lipinski definition) is 2. The van der Waals surface area contributed by atoms with Gasteiger partial charge >= 0.3 is 0 Å². The zero-order valence-electron chi connectivity index (χ0n) is 14.8. The Labute approximate surface area is 152 Å². The van der Waals surface area contributed by atoms with E-state index in [1.54, 1.807) is 7.11 Å².